The van der Waals surface area contributed by atoms with E-state index in [-0.39, 0.29) is 22.6 Å². The van der Waals surface area contributed by atoms with Crippen molar-refractivity contribution < 1.29 is 14.5 Å². The third-order valence-electron chi connectivity index (χ3n) is 2.02. The van der Waals surface area contributed by atoms with Crippen LogP contribution in [0.1, 0.15) is 22.8 Å². The Bertz CT molecular complexity index is 502. The first-order valence-electron chi connectivity index (χ1n) is 4.28. The van der Waals surface area contributed by atoms with Gasteiger partial charge in [0.2, 0.25) is 0 Å². The Morgan fingerprint density at radius 3 is 2.56 bits per heavy atom. The number of rotatable bonds is 3. The molecular formula is C10H8N2O4. The highest BCUT2D eigenvalue weighted by molar-refractivity contribution is 5.97. The van der Waals surface area contributed by atoms with Crippen molar-refractivity contribution in [2.45, 2.75) is 6.92 Å². The van der Waals surface area contributed by atoms with Gasteiger partial charge < -0.3 is 4.74 Å². The maximum atomic E-state index is 11.2. The van der Waals surface area contributed by atoms with E-state index in [9.17, 15) is 14.9 Å². The molecule has 0 aromatic heterocycles. The largest absolute Gasteiger partial charge is 0.490 e. The Kier molecular flexibility index (Phi) is 3.20. The molecule has 0 radical (unpaired) electrons. The van der Waals surface area contributed by atoms with Crippen LogP contribution < -0.4 is 4.74 Å². The summed E-state index contributed by atoms with van der Waals surface area (Å²) in [6.07, 6.45) is 0. The van der Waals surface area contributed by atoms with Crippen molar-refractivity contribution in [3.63, 3.8) is 0 Å². The molecule has 0 unspecified atom stereocenters. The molecule has 6 nitrogen and oxygen atoms in total. The maximum absolute atomic E-state index is 11.2. The highest BCUT2D eigenvalue weighted by Crippen LogP contribution is 2.30. The lowest BCUT2D eigenvalue weighted by Gasteiger charge is -2.04. The number of ketones is 1. The van der Waals surface area contributed by atoms with Gasteiger partial charge in [-0.3, -0.25) is 14.9 Å². The molecule has 0 aliphatic carbocycles. The van der Waals surface area contributed by atoms with E-state index in [0.29, 0.717) is 0 Å². The van der Waals surface area contributed by atoms with Crippen LogP contribution in [0.4, 0.5) is 5.69 Å². The van der Waals surface area contributed by atoms with Gasteiger partial charge in [0.1, 0.15) is 6.07 Å². The fraction of sp³-hybridized carbons (Fsp3) is 0.200. The van der Waals surface area contributed by atoms with Crippen molar-refractivity contribution in [2.75, 3.05) is 7.11 Å². The number of nitriles is 1. The van der Waals surface area contributed by atoms with Gasteiger partial charge in [-0.1, -0.05) is 0 Å². The van der Waals surface area contributed by atoms with E-state index < -0.39 is 10.7 Å². The molecule has 1 aromatic carbocycles. The van der Waals surface area contributed by atoms with Gasteiger partial charge in [-0.2, -0.15) is 5.26 Å². The highest BCUT2D eigenvalue weighted by atomic mass is 16.6. The summed E-state index contributed by atoms with van der Waals surface area (Å²) in [6, 6.07) is 4.04. The summed E-state index contributed by atoms with van der Waals surface area (Å²) >= 11 is 0. The van der Waals surface area contributed by atoms with Crippen LogP contribution in [0.3, 0.4) is 0 Å². The molecule has 1 aromatic rings. The number of nitro benzene ring substituents is 1. The predicted molar refractivity (Wildman–Crippen MR) is 54.4 cm³/mol. The minimum atomic E-state index is -0.660. The number of hydrogen-bond acceptors (Lipinski definition) is 5. The van der Waals surface area contributed by atoms with Crippen LogP contribution in [-0.2, 0) is 0 Å². The Morgan fingerprint density at radius 2 is 2.19 bits per heavy atom. The van der Waals surface area contributed by atoms with Gasteiger partial charge in [0.15, 0.2) is 11.5 Å². The van der Waals surface area contributed by atoms with Crippen molar-refractivity contribution in [2.24, 2.45) is 0 Å². The van der Waals surface area contributed by atoms with E-state index in [4.69, 9.17) is 10.00 Å². The fourth-order valence-corrected chi connectivity index (χ4v) is 1.26. The van der Waals surface area contributed by atoms with Crippen LogP contribution in [0.2, 0.25) is 0 Å². The maximum Gasteiger partial charge on any atom is 0.311 e. The Balaban J connectivity index is 3.54. The number of nitrogens with zero attached hydrogens (tertiary/aromatic N) is 2. The topological polar surface area (TPSA) is 93.2 Å². The standard InChI is InChI=1S/C10H8N2O4/c1-6(13)8-4-9(12(14)15)10(16-2)3-7(8)5-11/h3-4H,1-2H3. The van der Waals surface area contributed by atoms with Crippen molar-refractivity contribution in [1.82, 2.24) is 0 Å². The van der Waals surface area contributed by atoms with Gasteiger partial charge in [-0.05, 0) is 6.92 Å². The molecule has 0 amide bonds. The zero-order valence-electron chi connectivity index (χ0n) is 8.68. The van der Waals surface area contributed by atoms with Gasteiger partial charge in [0, 0.05) is 17.7 Å². The van der Waals surface area contributed by atoms with Gasteiger partial charge in [0.05, 0.1) is 17.6 Å². The van der Waals surface area contributed by atoms with E-state index in [0.717, 1.165) is 6.07 Å². The number of ether oxygens (including phenoxy) is 1. The molecule has 1 rings (SSSR count). The molecule has 0 atom stereocenters. The molecule has 0 saturated heterocycles. The van der Waals surface area contributed by atoms with E-state index in [2.05, 4.69) is 0 Å². The zero-order chi connectivity index (χ0) is 12.3. The third kappa shape index (κ3) is 1.98. The van der Waals surface area contributed by atoms with Crippen molar-refractivity contribution in [1.29, 1.82) is 5.26 Å². The number of carbonyl (C=O) groups is 1. The SMILES string of the molecule is COc1cc(C#N)c(C(C)=O)cc1[N+](=O)[O-]. The normalized spacial score (nSPS) is 9.31. The molecule has 0 saturated carbocycles. The average molecular weight is 220 g/mol. The number of methoxy groups -OCH3 is 1. The molecule has 0 N–H and O–H groups in total. The molecule has 16 heavy (non-hydrogen) atoms. The first-order chi connectivity index (χ1) is 7.51. The van der Waals surface area contributed by atoms with Gasteiger partial charge in [-0.15, -0.1) is 0 Å². The summed E-state index contributed by atoms with van der Waals surface area (Å²) in [5.74, 6) is -0.436. The van der Waals surface area contributed by atoms with Crippen LogP contribution in [0, 0.1) is 21.4 Å². The molecular weight excluding hydrogens is 212 g/mol. The van der Waals surface area contributed by atoms with Gasteiger partial charge >= 0.3 is 5.69 Å². The van der Waals surface area contributed by atoms with Crippen molar-refractivity contribution in [3.05, 3.63) is 33.4 Å². The second-order valence-electron chi connectivity index (χ2n) is 2.99. The van der Waals surface area contributed by atoms with Crippen LogP contribution in [0.5, 0.6) is 5.75 Å². The second-order valence-corrected chi connectivity index (χ2v) is 2.99. The van der Waals surface area contributed by atoms with Crippen LogP contribution in [-0.4, -0.2) is 17.8 Å². The molecule has 0 aliphatic heterocycles. The highest BCUT2D eigenvalue weighted by Gasteiger charge is 2.20. The first-order valence-corrected chi connectivity index (χ1v) is 4.28. The molecule has 0 heterocycles. The summed E-state index contributed by atoms with van der Waals surface area (Å²) in [5.41, 5.74) is -0.239. The van der Waals surface area contributed by atoms with Crippen molar-refractivity contribution >= 4 is 11.5 Å². The quantitative estimate of drug-likeness (QED) is 0.438. The smallest absolute Gasteiger partial charge is 0.311 e. The summed E-state index contributed by atoms with van der Waals surface area (Å²) in [5, 5.41) is 19.5. The van der Waals surface area contributed by atoms with Crippen molar-refractivity contribution in [3.8, 4) is 11.8 Å². The van der Waals surface area contributed by atoms with E-state index in [1.165, 1.54) is 20.1 Å². The molecule has 0 bridgehead atoms. The average Bonchev–Trinajstić information content (AvgIpc) is 2.26. The minimum absolute atomic E-state index is 0.0231. The molecule has 0 fully saturated rings. The third-order valence-corrected chi connectivity index (χ3v) is 2.02. The monoisotopic (exact) mass is 220 g/mol. The number of hydrogen-bond donors (Lipinski definition) is 0. The second kappa shape index (κ2) is 4.40. The number of nitro groups is 1. The molecule has 6 heteroatoms. The summed E-state index contributed by atoms with van der Waals surface area (Å²) in [7, 11) is 1.26. The summed E-state index contributed by atoms with van der Waals surface area (Å²) in [6.45, 7) is 1.24. The minimum Gasteiger partial charge on any atom is -0.490 e. The Hall–Kier alpha value is -2.42. The van der Waals surface area contributed by atoms with E-state index in [1.54, 1.807) is 6.07 Å². The Labute approximate surface area is 91.2 Å². The summed E-state index contributed by atoms with van der Waals surface area (Å²) < 4.78 is 4.78. The van der Waals surface area contributed by atoms with E-state index >= 15 is 0 Å². The van der Waals surface area contributed by atoms with Gasteiger partial charge in [-0.25, -0.2) is 0 Å². The molecule has 82 valence electrons. The molecule has 0 aliphatic rings. The first kappa shape index (κ1) is 11.7. The van der Waals surface area contributed by atoms with E-state index in [1.807, 2.05) is 0 Å². The molecule has 0 spiro atoms. The Morgan fingerprint density at radius 1 is 1.56 bits per heavy atom. The summed E-state index contributed by atoms with van der Waals surface area (Å²) in [4.78, 5) is 21.2. The fourth-order valence-electron chi connectivity index (χ4n) is 1.26. The lowest BCUT2D eigenvalue weighted by Crippen LogP contribution is -2.01. The number of carbonyl (C=O) groups excluding carboxylic acids is 1. The van der Waals surface area contributed by atoms with Crippen LogP contribution in [0.25, 0.3) is 0 Å². The zero-order valence-corrected chi connectivity index (χ0v) is 8.68. The van der Waals surface area contributed by atoms with Gasteiger partial charge in [0.25, 0.3) is 0 Å². The lowest BCUT2D eigenvalue weighted by molar-refractivity contribution is -0.385. The predicted octanol–water partition coefficient (Wildman–Crippen LogP) is 1.68. The lowest BCUT2D eigenvalue weighted by atomic mass is 10.0. The number of benzene rings is 1. The van der Waals surface area contributed by atoms with Crippen LogP contribution in [0.15, 0.2) is 12.1 Å². The van der Waals surface area contributed by atoms with Crippen LogP contribution >= 0.6 is 0 Å². The number of Topliss-reactive ketones (excluding diaryl/α,β-unsaturated/α-hetero) is 1.